The predicted molar refractivity (Wildman–Crippen MR) is 55.6 cm³/mol. The van der Waals surface area contributed by atoms with Crippen LogP contribution in [-0.2, 0) is 0 Å². The molecule has 1 saturated carbocycles. The molecule has 1 nitrogen and oxygen atoms in total. The van der Waals surface area contributed by atoms with E-state index in [1.807, 2.05) is 11.8 Å². The zero-order chi connectivity index (χ0) is 8.81. The van der Waals surface area contributed by atoms with Crippen LogP contribution in [0.25, 0.3) is 0 Å². The lowest BCUT2D eigenvalue weighted by atomic mass is 9.97. The van der Waals surface area contributed by atoms with Crippen molar-refractivity contribution in [3.8, 4) is 0 Å². The predicted octanol–water partition coefficient (Wildman–Crippen LogP) is 2.82. The van der Waals surface area contributed by atoms with Gasteiger partial charge in [-0.3, -0.25) is 0 Å². The first kappa shape index (κ1) is 10.4. The van der Waals surface area contributed by atoms with Gasteiger partial charge in [0.25, 0.3) is 0 Å². The highest BCUT2D eigenvalue weighted by molar-refractivity contribution is 7.99. The molecule has 0 aromatic rings. The van der Waals surface area contributed by atoms with Gasteiger partial charge in [-0.15, -0.1) is 0 Å². The van der Waals surface area contributed by atoms with Crippen LogP contribution >= 0.6 is 11.8 Å². The van der Waals surface area contributed by atoms with Crippen molar-refractivity contribution < 1.29 is 5.11 Å². The zero-order valence-corrected chi connectivity index (χ0v) is 8.78. The molecule has 1 aliphatic carbocycles. The molecule has 0 spiro atoms. The molecular weight excluding hydrogens is 168 g/mol. The lowest BCUT2D eigenvalue weighted by Crippen LogP contribution is -2.27. The van der Waals surface area contributed by atoms with Crippen LogP contribution in [0.5, 0.6) is 0 Å². The summed E-state index contributed by atoms with van der Waals surface area (Å²) in [7, 11) is 0. The maximum absolute atomic E-state index is 9.65. The summed E-state index contributed by atoms with van der Waals surface area (Å²) in [6.07, 6.45) is 7.37. The summed E-state index contributed by atoms with van der Waals surface area (Å²) < 4.78 is 0. The highest BCUT2D eigenvalue weighted by Crippen LogP contribution is 2.29. The smallest absolute Gasteiger partial charge is 0.0658 e. The first-order chi connectivity index (χ1) is 5.84. The van der Waals surface area contributed by atoms with Gasteiger partial charge in [-0.25, -0.2) is 0 Å². The highest BCUT2D eigenvalue weighted by Gasteiger charge is 2.22. The lowest BCUT2D eigenvalue weighted by molar-refractivity contribution is 0.137. The second kappa shape index (κ2) is 5.87. The van der Waals surface area contributed by atoms with Crippen LogP contribution in [0.2, 0.25) is 0 Å². The lowest BCUT2D eigenvalue weighted by Gasteiger charge is -2.26. The minimum absolute atomic E-state index is 0.0133. The van der Waals surface area contributed by atoms with Crippen LogP contribution in [0.1, 0.15) is 45.4 Å². The Hall–Kier alpha value is 0.310. The third kappa shape index (κ3) is 3.36. The summed E-state index contributed by atoms with van der Waals surface area (Å²) in [5, 5.41) is 10.2. The minimum atomic E-state index is -0.0133. The van der Waals surface area contributed by atoms with Crippen LogP contribution < -0.4 is 0 Å². The molecule has 0 aromatic heterocycles. The third-order valence-corrected chi connectivity index (χ3v) is 4.00. The molecule has 2 atom stereocenters. The second-order valence-corrected chi connectivity index (χ2v) is 4.96. The summed E-state index contributed by atoms with van der Waals surface area (Å²) in [4.78, 5) is 0. The Balaban J connectivity index is 2.11. The largest absolute Gasteiger partial charge is 0.392 e. The topological polar surface area (TPSA) is 20.2 Å². The van der Waals surface area contributed by atoms with Crippen LogP contribution in [0.4, 0.5) is 0 Å². The average molecular weight is 188 g/mol. The van der Waals surface area contributed by atoms with Crippen LogP contribution in [0.15, 0.2) is 0 Å². The highest BCUT2D eigenvalue weighted by atomic mass is 32.2. The standard InChI is InChI=1S/C10H20OS/c1-2-3-8-12-10-7-5-4-6-9(10)11/h9-11H,2-8H2,1H3/t9-,10-/m1/s1. The van der Waals surface area contributed by atoms with Gasteiger partial charge in [0.05, 0.1) is 6.10 Å². The molecular formula is C10H20OS. The summed E-state index contributed by atoms with van der Waals surface area (Å²) in [5.41, 5.74) is 0. The van der Waals surface area contributed by atoms with Gasteiger partial charge < -0.3 is 5.11 Å². The van der Waals surface area contributed by atoms with Crippen LogP contribution in [-0.4, -0.2) is 22.2 Å². The molecule has 0 heterocycles. The number of thioether (sulfide) groups is 1. The summed E-state index contributed by atoms with van der Waals surface area (Å²) in [5.74, 6) is 1.23. The second-order valence-electron chi connectivity index (χ2n) is 3.61. The minimum Gasteiger partial charge on any atom is -0.392 e. The molecule has 0 amide bonds. The fourth-order valence-electron chi connectivity index (χ4n) is 1.65. The molecule has 2 heteroatoms. The van der Waals surface area contributed by atoms with E-state index in [1.165, 1.54) is 37.9 Å². The fraction of sp³-hybridized carbons (Fsp3) is 1.00. The summed E-state index contributed by atoms with van der Waals surface area (Å²) in [6, 6.07) is 0. The molecule has 12 heavy (non-hydrogen) atoms. The van der Waals surface area contributed by atoms with Crippen molar-refractivity contribution in [2.24, 2.45) is 0 Å². The van der Waals surface area contributed by atoms with Crippen molar-refractivity contribution >= 4 is 11.8 Å². The molecule has 0 aliphatic heterocycles. The number of unbranched alkanes of at least 4 members (excludes halogenated alkanes) is 1. The number of aliphatic hydroxyl groups is 1. The Kier molecular flexibility index (Phi) is 5.08. The van der Waals surface area contributed by atoms with Crippen molar-refractivity contribution in [1.82, 2.24) is 0 Å². The Bertz CT molecular complexity index is 116. The normalized spacial score (nSPS) is 30.5. The van der Waals surface area contributed by atoms with E-state index < -0.39 is 0 Å². The monoisotopic (exact) mass is 188 g/mol. The van der Waals surface area contributed by atoms with E-state index in [1.54, 1.807) is 0 Å². The Morgan fingerprint density at radius 1 is 1.33 bits per heavy atom. The summed E-state index contributed by atoms with van der Waals surface area (Å²) >= 11 is 1.98. The van der Waals surface area contributed by atoms with Crippen LogP contribution in [0.3, 0.4) is 0 Å². The first-order valence-corrected chi connectivity index (χ1v) is 6.19. The van der Waals surface area contributed by atoms with Crippen molar-refractivity contribution in [2.45, 2.75) is 56.8 Å². The Morgan fingerprint density at radius 3 is 2.75 bits per heavy atom. The van der Waals surface area contributed by atoms with E-state index in [4.69, 9.17) is 0 Å². The van der Waals surface area contributed by atoms with Gasteiger partial charge in [0.15, 0.2) is 0 Å². The van der Waals surface area contributed by atoms with Crippen LogP contribution in [0, 0.1) is 0 Å². The van der Waals surface area contributed by atoms with Gasteiger partial charge in [-0.1, -0.05) is 26.2 Å². The van der Waals surface area contributed by atoms with Gasteiger partial charge in [0, 0.05) is 5.25 Å². The number of hydrogen-bond acceptors (Lipinski definition) is 2. The Labute approximate surface area is 79.9 Å². The molecule has 0 aromatic carbocycles. The maximum atomic E-state index is 9.65. The van der Waals surface area contributed by atoms with E-state index in [-0.39, 0.29) is 6.10 Å². The molecule has 0 unspecified atom stereocenters. The first-order valence-electron chi connectivity index (χ1n) is 5.14. The molecule has 0 bridgehead atoms. The summed E-state index contributed by atoms with van der Waals surface area (Å²) in [6.45, 7) is 2.22. The SMILES string of the molecule is CCCCS[C@@H]1CCCC[C@H]1O. The molecule has 1 N–H and O–H groups in total. The molecule has 1 aliphatic rings. The van der Waals surface area contributed by atoms with Gasteiger partial charge in [0.1, 0.15) is 0 Å². The number of aliphatic hydroxyl groups excluding tert-OH is 1. The van der Waals surface area contributed by atoms with Gasteiger partial charge in [0.2, 0.25) is 0 Å². The molecule has 1 rings (SSSR count). The van der Waals surface area contributed by atoms with E-state index in [0.717, 1.165) is 6.42 Å². The molecule has 1 fully saturated rings. The quantitative estimate of drug-likeness (QED) is 0.685. The van der Waals surface area contributed by atoms with Crippen molar-refractivity contribution in [1.29, 1.82) is 0 Å². The molecule has 72 valence electrons. The van der Waals surface area contributed by atoms with E-state index >= 15 is 0 Å². The van der Waals surface area contributed by atoms with Gasteiger partial charge >= 0.3 is 0 Å². The Morgan fingerprint density at radius 2 is 2.08 bits per heavy atom. The van der Waals surface area contributed by atoms with Crippen molar-refractivity contribution in [3.63, 3.8) is 0 Å². The van der Waals surface area contributed by atoms with Crippen molar-refractivity contribution in [2.75, 3.05) is 5.75 Å². The van der Waals surface area contributed by atoms with Gasteiger partial charge in [-0.05, 0) is 25.0 Å². The van der Waals surface area contributed by atoms with Crippen molar-refractivity contribution in [3.05, 3.63) is 0 Å². The average Bonchev–Trinajstić information content (AvgIpc) is 2.09. The maximum Gasteiger partial charge on any atom is 0.0658 e. The fourth-order valence-corrected chi connectivity index (χ4v) is 3.10. The number of hydrogen-bond donors (Lipinski definition) is 1. The molecule has 0 saturated heterocycles. The van der Waals surface area contributed by atoms with E-state index in [2.05, 4.69) is 6.92 Å². The zero-order valence-electron chi connectivity index (χ0n) is 7.96. The number of rotatable bonds is 4. The third-order valence-electron chi connectivity index (χ3n) is 2.50. The van der Waals surface area contributed by atoms with E-state index in [9.17, 15) is 5.11 Å². The molecule has 0 radical (unpaired) electrons. The van der Waals surface area contributed by atoms with E-state index in [0.29, 0.717) is 5.25 Å². The van der Waals surface area contributed by atoms with Gasteiger partial charge in [-0.2, -0.15) is 11.8 Å².